The lowest BCUT2D eigenvalue weighted by atomic mass is 10.0. The van der Waals surface area contributed by atoms with E-state index in [2.05, 4.69) is 23.3 Å². The zero-order chi connectivity index (χ0) is 19.5. The number of ether oxygens (including phenoxy) is 1. The molecule has 4 rings (SSSR count). The molecule has 28 heavy (non-hydrogen) atoms. The second-order valence-corrected chi connectivity index (χ2v) is 7.85. The number of nitrogens with zero attached hydrogens (tertiary/aromatic N) is 1. The largest absolute Gasteiger partial charge is 0.493 e. The number of halogens is 1. The molecule has 0 unspecified atom stereocenters. The summed E-state index contributed by atoms with van der Waals surface area (Å²) in [5.74, 6) is 1.26. The predicted molar refractivity (Wildman–Crippen MR) is 112 cm³/mol. The van der Waals surface area contributed by atoms with Gasteiger partial charge in [0.2, 0.25) is 0 Å². The highest BCUT2D eigenvalue weighted by molar-refractivity contribution is 6.30. The molecule has 1 saturated heterocycles. The van der Waals surface area contributed by atoms with E-state index in [1.807, 2.05) is 41.3 Å². The first-order valence-electron chi connectivity index (χ1n) is 9.54. The summed E-state index contributed by atoms with van der Waals surface area (Å²) in [6, 6.07) is 13.6. The van der Waals surface area contributed by atoms with Crippen molar-refractivity contribution < 1.29 is 9.53 Å². The van der Waals surface area contributed by atoms with Crippen molar-refractivity contribution in [2.24, 2.45) is 5.92 Å². The van der Waals surface area contributed by atoms with Gasteiger partial charge in [-0.1, -0.05) is 30.3 Å². The van der Waals surface area contributed by atoms with Crippen molar-refractivity contribution in [3.8, 4) is 5.75 Å². The molecule has 2 heterocycles. The number of urea groups is 1. The number of amides is 2. The first-order chi connectivity index (χ1) is 13.6. The van der Waals surface area contributed by atoms with Gasteiger partial charge in [0, 0.05) is 42.0 Å². The van der Waals surface area contributed by atoms with Crippen LogP contribution in [0.3, 0.4) is 0 Å². The SMILES string of the molecule is C=C1CCc2cc(OCC3CN(C(=O)NCc4ccc(Cl)cc4)C3)ccc2N1. The molecule has 2 aliphatic heterocycles. The maximum absolute atomic E-state index is 12.2. The summed E-state index contributed by atoms with van der Waals surface area (Å²) in [5.41, 5.74) is 4.48. The molecule has 0 spiro atoms. The van der Waals surface area contributed by atoms with E-state index < -0.39 is 0 Å². The van der Waals surface area contributed by atoms with Gasteiger partial charge in [-0.2, -0.15) is 0 Å². The van der Waals surface area contributed by atoms with Crippen LogP contribution < -0.4 is 15.4 Å². The van der Waals surface area contributed by atoms with E-state index in [0.717, 1.165) is 48.6 Å². The van der Waals surface area contributed by atoms with Crippen LogP contribution in [0.2, 0.25) is 5.02 Å². The summed E-state index contributed by atoms with van der Waals surface area (Å²) in [7, 11) is 0. The zero-order valence-corrected chi connectivity index (χ0v) is 16.5. The van der Waals surface area contributed by atoms with Crippen LogP contribution in [-0.4, -0.2) is 30.6 Å². The standard InChI is InChI=1S/C22H24ClN3O2/c1-15-2-5-18-10-20(8-9-21(18)25-15)28-14-17-12-26(13-17)22(27)24-11-16-3-6-19(23)7-4-16/h3-4,6-10,17,25H,1-2,5,11-14H2,(H,24,27). The number of hydrogen-bond donors (Lipinski definition) is 2. The Hall–Kier alpha value is -2.66. The second-order valence-electron chi connectivity index (χ2n) is 7.41. The minimum absolute atomic E-state index is 0.0358. The lowest BCUT2D eigenvalue weighted by molar-refractivity contribution is 0.0854. The van der Waals surface area contributed by atoms with Gasteiger partial charge in [0.25, 0.3) is 0 Å². The molecular formula is C22H24ClN3O2. The van der Waals surface area contributed by atoms with Gasteiger partial charge in [-0.15, -0.1) is 0 Å². The monoisotopic (exact) mass is 397 g/mol. The molecule has 0 atom stereocenters. The van der Waals surface area contributed by atoms with Gasteiger partial charge < -0.3 is 20.3 Å². The van der Waals surface area contributed by atoms with Crippen LogP contribution in [-0.2, 0) is 13.0 Å². The Morgan fingerprint density at radius 2 is 2.00 bits per heavy atom. The molecule has 0 aliphatic carbocycles. The normalized spacial score (nSPS) is 16.0. The average Bonchev–Trinajstić information content (AvgIpc) is 2.66. The molecule has 2 amide bonds. The van der Waals surface area contributed by atoms with Crippen molar-refractivity contribution in [1.82, 2.24) is 10.2 Å². The van der Waals surface area contributed by atoms with Crippen molar-refractivity contribution in [3.63, 3.8) is 0 Å². The summed E-state index contributed by atoms with van der Waals surface area (Å²) >= 11 is 5.87. The summed E-state index contributed by atoms with van der Waals surface area (Å²) in [4.78, 5) is 14.0. The fourth-order valence-corrected chi connectivity index (χ4v) is 3.60. The molecule has 2 aliphatic rings. The fourth-order valence-electron chi connectivity index (χ4n) is 3.47. The third-order valence-corrected chi connectivity index (χ3v) is 5.42. The van der Waals surface area contributed by atoms with Crippen LogP contribution >= 0.6 is 11.6 Å². The Morgan fingerprint density at radius 1 is 1.21 bits per heavy atom. The van der Waals surface area contributed by atoms with Gasteiger partial charge in [0.15, 0.2) is 0 Å². The number of rotatable bonds is 5. The van der Waals surface area contributed by atoms with Crippen LogP contribution in [0.5, 0.6) is 5.75 Å². The zero-order valence-electron chi connectivity index (χ0n) is 15.7. The first-order valence-corrected chi connectivity index (χ1v) is 9.92. The third-order valence-electron chi connectivity index (χ3n) is 5.17. The van der Waals surface area contributed by atoms with E-state index in [4.69, 9.17) is 16.3 Å². The summed E-state index contributed by atoms with van der Waals surface area (Å²) < 4.78 is 5.95. The van der Waals surface area contributed by atoms with Crippen LogP contribution in [0, 0.1) is 5.92 Å². The number of fused-ring (bicyclic) bond motifs is 1. The van der Waals surface area contributed by atoms with Crippen molar-refractivity contribution in [3.05, 3.63) is 70.9 Å². The lowest BCUT2D eigenvalue weighted by Crippen LogP contribution is -2.55. The molecule has 2 N–H and O–H groups in total. The van der Waals surface area contributed by atoms with Crippen LogP contribution in [0.15, 0.2) is 54.7 Å². The fraction of sp³-hybridized carbons (Fsp3) is 0.318. The van der Waals surface area contributed by atoms with E-state index in [1.165, 1.54) is 5.56 Å². The van der Waals surface area contributed by atoms with Gasteiger partial charge in [-0.05, 0) is 54.3 Å². The third kappa shape index (κ3) is 4.42. The summed E-state index contributed by atoms with van der Waals surface area (Å²) in [6.45, 7) is 6.55. The number of nitrogens with one attached hydrogen (secondary N) is 2. The van der Waals surface area contributed by atoms with E-state index >= 15 is 0 Å². The number of carbonyl (C=O) groups is 1. The summed E-state index contributed by atoms with van der Waals surface area (Å²) in [6.07, 6.45) is 1.95. The second kappa shape index (κ2) is 8.15. The topological polar surface area (TPSA) is 53.6 Å². The number of benzene rings is 2. The molecular weight excluding hydrogens is 374 g/mol. The average molecular weight is 398 g/mol. The summed E-state index contributed by atoms with van der Waals surface area (Å²) in [5, 5.41) is 6.95. The van der Waals surface area contributed by atoms with Crippen molar-refractivity contribution in [2.75, 3.05) is 25.0 Å². The Balaban J connectivity index is 1.19. The van der Waals surface area contributed by atoms with Crippen molar-refractivity contribution >= 4 is 23.3 Å². The lowest BCUT2D eigenvalue weighted by Gasteiger charge is -2.38. The van der Waals surface area contributed by atoms with Gasteiger partial charge in [-0.25, -0.2) is 4.79 Å². The Kier molecular flexibility index (Phi) is 5.44. The van der Waals surface area contributed by atoms with E-state index in [-0.39, 0.29) is 6.03 Å². The molecule has 0 radical (unpaired) electrons. The van der Waals surface area contributed by atoms with Crippen molar-refractivity contribution in [2.45, 2.75) is 19.4 Å². The number of hydrogen-bond acceptors (Lipinski definition) is 3. The quantitative estimate of drug-likeness (QED) is 0.784. The van der Waals surface area contributed by atoms with Gasteiger partial charge in [0.1, 0.15) is 5.75 Å². The van der Waals surface area contributed by atoms with Gasteiger partial charge in [-0.3, -0.25) is 0 Å². The van der Waals surface area contributed by atoms with Crippen LogP contribution in [0.1, 0.15) is 17.5 Å². The number of aryl methyl sites for hydroxylation is 1. The van der Waals surface area contributed by atoms with E-state index in [9.17, 15) is 4.79 Å². The van der Waals surface area contributed by atoms with Crippen molar-refractivity contribution in [1.29, 1.82) is 0 Å². The van der Waals surface area contributed by atoms with Crippen LogP contribution in [0.25, 0.3) is 0 Å². The molecule has 6 heteroatoms. The highest BCUT2D eigenvalue weighted by atomic mass is 35.5. The smallest absolute Gasteiger partial charge is 0.317 e. The van der Waals surface area contributed by atoms with Gasteiger partial charge >= 0.3 is 6.03 Å². The number of carbonyl (C=O) groups excluding carboxylic acids is 1. The van der Waals surface area contributed by atoms with E-state index in [1.54, 1.807) is 0 Å². The number of likely N-dealkylation sites (tertiary alicyclic amines) is 1. The molecule has 0 aromatic heterocycles. The Morgan fingerprint density at radius 3 is 2.79 bits per heavy atom. The molecule has 0 bridgehead atoms. The maximum atomic E-state index is 12.2. The molecule has 1 fully saturated rings. The molecule has 146 valence electrons. The van der Waals surface area contributed by atoms with Gasteiger partial charge in [0.05, 0.1) is 6.61 Å². The molecule has 5 nitrogen and oxygen atoms in total. The van der Waals surface area contributed by atoms with Crippen LogP contribution in [0.4, 0.5) is 10.5 Å². The predicted octanol–water partition coefficient (Wildman–Crippen LogP) is 4.43. The van der Waals surface area contributed by atoms with E-state index in [0.29, 0.717) is 24.1 Å². The molecule has 0 saturated carbocycles. The Bertz CT molecular complexity index is 876. The number of anilines is 1. The number of allylic oxidation sites excluding steroid dienone is 1. The Labute approximate surface area is 170 Å². The first kappa shape index (κ1) is 18.7. The molecule has 2 aromatic rings. The minimum Gasteiger partial charge on any atom is -0.493 e. The highest BCUT2D eigenvalue weighted by Gasteiger charge is 2.31. The highest BCUT2D eigenvalue weighted by Crippen LogP contribution is 2.30. The minimum atomic E-state index is -0.0358. The maximum Gasteiger partial charge on any atom is 0.317 e. The molecule has 2 aromatic carbocycles.